The molecule has 2 aromatic carbocycles. The van der Waals surface area contributed by atoms with E-state index in [1.807, 2.05) is 26.0 Å². The maximum absolute atomic E-state index is 12.4. The van der Waals surface area contributed by atoms with Crippen molar-refractivity contribution in [1.82, 2.24) is 0 Å². The van der Waals surface area contributed by atoms with Crippen LogP contribution in [0.5, 0.6) is 0 Å². The van der Waals surface area contributed by atoms with Crippen LogP contribution in [-0.4, -0.2) is 18.8 Å². The van der Waals surface area contributed by atoms with E-state index in [0.29, 0.717) is 11.1 Å². The first-order valence-corrected chi connectivity index (χ1v) is 7.42. The second-order valence-electron chi connectivity index (χ2n) is 4.65. The van der Waals surface area contributed by atoms with Crippen LogP contribution >= 0.6 is 0 Å². The van der Waals surface area contributed by atoms with E-state index in [9.17, 15) is 13.2 Å². The van der Waals surface area contributed by atoms with E-state index in [4.69, 9.17) is 4.55 Å². The molecule has 0 bridgehead atoms. The van der Waals surface area contributed by atoms with Gasteiger partial charge in [0.1, 0.15) is 0 Å². The van der Waals surface area contributed by atoms with E-state index in [-0.39, 0.29) is 10.7 Å². The number of ketones is 1. The molecular weight excluding hydrogens is 276 g/mol. The summed E-state index contributed by atoms with van der Waals surface area (Å²) >= 11 is 0. The lowest BCUT2D eigenvalue weighted by atomic mass is 9.97. The van der Waals surface area contributed by atoms with Gasteiger partial charge in [-0.15, -0.1) is 0 Å². The Hall–Kier alpha value is -1.98. The molecule has 0 aromatic heterocycles. The first kappa shape index (κ1) is 14.4. The molecule has 0 saturated heterocycles. The second-order valence-corrected chi connectivity index (χ2v) is 6.07. The zero-order valence-corrected chi connectivity index (χ0v) is 11.9. The minimum atomic E-state index is -4.24. The fraction of sp³-hybridized carbons (Fsp3) is 0.133. The summed E-state index contributed by atoms with van der Waals surface area (Å²) in [5.74, 6) is -0.173. The van der Waals surface area contributed by atoms with Gasteiger partial charge in [-0.25, -0.2) is 0 Å². The highest BCUT2D eigenvalue weighted by molar-refractivity contribution is 7.85. The molecule has 0 fully saturated rings. The van der Waals surface area contributed by atoms with Crippen LogP contribution in [0.1, 0.15) is 27.0 Å². The van der Waals surface area contributed by atoms with Crippen molar-refractivity contribution >= 4 is 15.9 Å². The van der Waals surface area contributed by atoms with Crippen molar-refractivity contribution in [2.45, 2.75) is 18.7 Å². The normalized spacial score (nSPS) is 11.3. The number of carbonyl (C=O) groups is 1. The average Bonchev–Trinajstić information content (AvgIpc) is 2.40. The molecule has 0 saturated carbocycles. The van der Waals surface area contributed by atoms with Crippen molar-refractivity contribution in [2.24, 2.45) is 0 Å². The molecule has 104 valence electrons. The fourth-order valence-electron chi connectivity index (χ4n) is 1.91. The Kier molecular flexibility index (Phi) is 3.74. The highest BCUT2D eigenvalue weighted by Gasteiger charge is 2.14. The summed E-state index contributed by atoms with van der Waals surface area (Å²) in [7, 11) is -4.24. The topological polar surface area (TPSA) is 71.4 Å². The molecule has 5 heteroatoms. The van der Waals surface area contributed by atoms with Crippen LogP contribution in [0.2, 0.25) is 0 Å². The van der Waals surface area contributed by atoms with Crippen molar-refractivity contribution in [3.8, 4) is 0 Å². The molecule has 4 nitrogen and oxygen atoms in total. The van der Waals surface area contributed by atoms with Crippen LogP contribution in [0.15, 0.2) is 47.4 Å². The van der Waals surface area contributed by atoms with E-state index in [2.05, 4.69) is 0 Å². The van der Waals surface area contributed by atoms with Crippen LogP contribution < -0.4 is 0 Å². The minimum Gasteiger partial charge on any atom is -0.289 e. The highest BCUT2D eigenvalue weighted by Crippen LogP contribution is 2.17. The lowest BCUT2D eigenvalue weighted by Crippen LogP contribution is -2.05. The van der Waals surface area contributed by atoms with Crippen LogP contribution in [0.4, 0.5) is 0 Å². The lowest BCUT2D eigenvalue weighted by molar-refractivity contribution is 0.103. The second kappa shape index (κ2) is 5.19. The molecule has 0 spiro atoms. The van der Waals surface area contributed by atoms with E-state index < -0.39 is 10.1 Å². The summed E-state index contributed by atoms with van der Waals surface area (Å²) in [5, 5.41) is 0. The third-order valence-electron chi connectivity index (χ3n) is 3.05. The zero-order valence-electron chi connectivity index (χ0n) is 11.1. The third-order valence-corrected chi connectivity index (χ3v) is 3.92. The third kappa shape index (κ3) is 2.95. The Balaban J connectivity index is 2.42. The summed E-state index contributed by atoms with van der Waals surface area (Å²) < 4.78 is 30.8. The van der Waals surface area contributed by atoms with Crippen LogP contribution in [0.3, 0.4) is 0 Å². The van der Waals surface area contributed by atoms with Crippen molar-refractivity contribution < 1.29 is 17.8 Å². The summed E-state index contributed by atoms with van der Waals surface area (Å²) in [5.41, 5.74) is 2.81. The predicted molar refractivity (Wildman–Crippen MR) is 75.6 cm³/mol. The average molecular weight is 290 g/mol. The summed E-state index contributed by atoms with van der Waals surface area (Å²) in [4.78, 5) is 12.1. The molecule has 0 amide bonds. The molecule has 2 rings (SSSR count). The maximum atomic E-state index is 12.4. The highest BCUT2D eigenvalue weighted by atomic mass is 32.2. The standard InChI is InChI=1S/C15H14O4S/c1-10-3-4-11(2)14(9-10)15(16)12-5-7-13(8-6-12)20(17,18)19/h3-9H,1-2H3,(H,17,18,19). The van der Waals surface area contributed by atoms with Gasteiger partial charge in [0, 0.05) is 11.1 Å². The molecule has 0 aliphatic heterocycles. The van der Waals surface area contributed by atoms with E-state index >= 15 is 0 Å². The SMILES string of the molecule is Cc1ccc(C)c(C(=O)c2ccc(S(=O)(=O)O)cc2)c1. The van der Waals surface area contributed by atoms with E-state index in [1.165, 1.54) is 24.3 Å². The van der Waals surface area contributed by atoms with Gasteiger partial charge < -0.3 is 0 Å². The fourth-order valence-corrected chi connectivity index (χ4v) is 2.39. The summed E-state index contributed by atoms with van der Waals surface area (Å²) in [6.45, 7) is 3.75. The minimum absolute atomic E-state index is 0.173. The first-order chi connectivity index (χ1) is 9.29. The van der Waals surface area contributed by atoms with Gasteiger partial charge in [-0.05, 0) is 49.7 Å². The van der Waals surface area contributed by atoms with Crippen LogP contribution in [0, 0.1) is 13.8 Å². The molecule has 20 heavy (non-hydrogen) atoms. The summed E-state index contributed by atoms with van der Waals surface area (Å²) in [6, 6.07) is 10.8. The molecular formula is C15H14O4S. The Bertz CT molecular complexity index is 759. The van der Waals surface area contributed by atoms with Crippen molar-refractivity contribution in [3.05, 3.63) is 64.7 Å². The molecule has 1 N–H and O–H groups in total. The molecule has 0 unspecified atom stereocenters. The van der Waals surface area contributed by atoms with Gasteiger partial charge in [0.25, 0.3) is 10.1 Å². The quantitative estimate of drug-likeness (QED) is 0.697. The van der Waals surface area contributed by atoms with Gasteiger partial charge >= 0.3 is 0 Å². The molecule has 0 heterocycles. The monoisotopic (exact) mass is 290 g/mol. The van der Waals surface area contributed by atoms with Gasteiger partial charge in [-0.2, -0.15) is 8.42 Å². The predicted octanol–water partition coefficient (Wildman–Crippen LogP) is 2.78. The van der Waals surface area contributed by atoms with Gasteiger partial charge in [0.05, 0.1) is 4.90 Å². The van der Waals surface area contributed by atoms with Crippen molar-refractivity contribution in [2.75, 3.05) is 0 Å². The molecule has 0 atom stereocenters. The number of benzene rings is 2. The van der Waals surface area contributed by atoms with Gasteiger partial charge in [0.2, 0.25) is 0 Å². The Morgan fingerprint density at radius 1 is 1.00 bits per heavy atom. The smallest absolute Gasteiger partial charge is 0.289 e. The van der Waals surface area contributed by atoms with E-state index in [1.54, 1.807) is 6.07 Å². The largest absolute Gasteiger partial charge is 0.294 e. The van der Waals surface area contributed by atoms with Crippen LogP contribution in [-0.2, 0) is 10.1 Å². The number of rotatable bonds is 3. The van der Waals surface area contributed by atoms with Gasteiger partial charge in [0.15, 0.2) is 5.78 Å². The Morgan fingerprint density at radius 2 is 1.60 bits per heavy atom. The number of hydrogen-bond donors (Lipinski definition) is 1. The first-order valence-electron chi connectivity index (χ1n) is 5.98. The maximum Gasteiger partial charge on any atom is 0.294 e. The van der Waals surface area contributed by atoms with Gasteiger partial charge in [-0.3, -0.25) is 9.35 Å². The van der Waals surface area contributed by atoms with Crippen molar-refractivity contribution in [3.63, 3.8) is 0 Å². The Morgan fingerprint density at radius 3 is 2.15 bits per heavy atom. The summed E-state index contributed by atoms with van der Waals surface area (Å²) in [6.07, 6.45) is 0. The molecule has 0 radical (unpaired) electrons. The molecule has 2 aromatic rings. The zero-order chi connectivity index (χ0) is 14.9. The number of aryl methyl sites for hydroxylation is 2. The lowest BCUT2D eigenvalue weighted by Gasteiger charge is -2.07. The van der Waals surface area contributed by atoms with Crippen LogP contribution in [0.25, 0.3) is 0 Å². The molecule has 0 aliphatic carbocycles. The molecule has 0 aliphatic rings. The van der Waals surface area contributed by atoms with Crippen molar-refractivity contribution in [1.29, 1.82) is 0 Å². The van der Waals surface area contributed by atoms with E-state index in [0.717, 1.165) is 11.1 Å². The Labute approximate surface area is 117 Å². The number of carbonyl (C=O) groups excluding carboxylic acids is 1. The van der Waals surface area contributed by atoms with Gasteiger partial charge in [-0.1, -0.05) is 17.7 Å². The number of hydrogen-bond acceptors (Lipinski definition) is 3.